The number of carbonyl (C=O) groups is 2. The third kappa shape index (κ3) is 6.22. The molecule has 19 heavy (non-hydrogen) atoms. The number of halogens is 1. The maximum atomic E-state index is 11.7. The molecule has 6 nitrogen and oxygen atoms in total. The highest BCUT2D eigenvalue weighted by Crippen LogP contribution is 2.15. The van der Waals surface area contributed by atoms with Crippen molar-refractivity contribution in [3.05, 3.63) is 0 Å². The van der Waals surface area contributed by atoms with E-state index in [1.165, 1.54) is 7.11 Å². The number of carbonyl (C=O) groups excluding carboxylic acids is 2. The lowest BCUT2D eigenvalue weighted by atomic mass is 9.93. The summed E-state index contributed by atoms with van der Waals surface area (Å²) in [7, 11) is 1.34. The van der Waals surface area contributed by atoms with E-state index in [1.54, 1.807) is 13.8 Å². The molecule has 1 atom stereocenters. The summed E-state index contributed by atoms with van der Waals surface area (Å²) >= 11 is 0. The standard InChI is InChI=1S/C12H22N2O4.ClH/c1-12(2,11(16)17-3)8-14-10(15)6-9-7-18-5-4-13-9;/h9,13H,4-8H2,1-3H3,(H,14,15);1H. The molecule has 2 N–H and O–H groups in total. The molecule has 0 radical (unpaired) electrons. The lowest BCUT2D eigenvalue weighted by Gasteiger charge is -2.25. The summed E-state index contributed by atoms with van der Waals surface area (Å²) in [5.74, 6) is -0.420. The predicted octanol–water partition coefficient (Wildman–Crippen LogP) is 0.102. The van der Waals surface area contributed by atoms with E-state index in [9.17, 15) is 9.59 Å². The molecule has 1 fully saturated rings. The highest BCUT2D eigenvalue weighted by atomic mass is 35.5. The fourth-order valence-corrected chi connectivity index (χ4v) is 1.71. The van der Waals surface area contributed by atoms with Crippen molar-refractivity contribution in [1.29, 1.82) is 0 Å². The highest BCUT2D eigenvalue weighted by Gasteiger charge is 2.29. The quantitative estimate of drug-likeness (QED) is 0.704. The minimum atomic E-state index is -0.707. The molecule has 0 aromatic carbocycles. The van der Waals surface area contributed by atoms with Crippen LogP contribution in [-0.4, -0.2) is 51.3 Å². The van der Waals surface area contributed by atoms with Gasteiger partial charge in [0, 0.05) is 25.6 Å². The molecular formula is C12H23ClN2O4. The molecule has 7 heteroatoms. The molecule has 0 aromatic rings. The number of hydrogen-bond donors (Lipinski definition) is 2. The Hall–Kier alpha value is -0.850. The van der Waals surface area contributed by atoms with Gasteiger partial charge in [-0.05, 0) is 13.8 Å². The first-order chi connectivity index (χ1) is 8.45. The van der Waals surface area contributed by atoms with Crippen LogP contribution in [0.25, 0.3) is 0 Å². The summed E-state index contributed by atoms with van der Waals surface area (Å²) in [6, 6.07) is 0.0555. The minimum absolute atomic E-state index is 0. The van der Waals surface area contributed by atoms with E-state index in [0.29, 0.717) is 19.6 Å². The van der Waals surface area contributed by atoms with E-state index in [0.717, 1.165) is 6.54 Å². The van der Waals surface area contributed by atoms with Crippen molar-refractivity contribution < 1.29 is 19.1 Å². The lowest BCUT2D eigenvalue weighted by Crippen LogP contribution is -2.46. The Morgan fingerprint density at radius 3 is 2.68 bits per heavy atom. The number of hydrogen-bond acceptors (Lipinski definition) is 5. The Morgan fingerprint density at radius 1 is 1.47 bits per heavy atom. The number of ether oxygens (including phenoxy) is 2. The molecule has 0 aromatic heterocycles. The first-order valence-corrected chi connectivity index (χ1v) is 6.12. The number of methoxy groups -OCH3 is 1. The van der Waals surface area contributed by atoms with Crippen molar-refractivity contribution >= 4 is 24.3 Å². The van der Waals surface area contributed by atoms with E-state index in [2.05, 4.69) is 15.4 Å². The molecular weight excluding hydrogens is 272 g/mol. The number of rotatable bonds is 5. The summed E-state index contributed by atoms with van der Waals surface area (Å²) in [5, 5.41) is 5.95. The number of amides is 1. The first kappa shape index (κ1) is 18.1. The van der Waals surface area contributed by atoms with Crippen molar-refractivity contribution in [2.24, 2.45) is 5.41 Å². The van der Waals surface area contributed by atoms with Gasteiger partial charge < -0.3 is 20.1 Å². The molecule has 1 heterocycles. The third-order valence-corrected chi connectivity index (χ3v) is 2.90. The van der Waals surface area contributed by atoms with Gasteiger partial charge in [0.15, 0.2) is 0 Å². The van der Waals surface area contributed by atoms with Gasteiger partial charge in [0.25, 0.3) is 0 Å². The van der Waals surface area contributed by atoms with Crippen molar-refractivity contribution in [2.45, 2.75) is 26.3 Å². The van der Waals surface area contributed by atoms with Crippen LogP contribution in [0.2, 0.25) is 0 Å². The molecule has 0 saturated carbocycles. The molecule has 112 valence electrons. The summed E-state index contributed by atoms with van der Waals surface area (Å²) in [5.41, 5.74) is -0.707. The zero-order chi connectivity index (χ0) is 13.6. The van der Waals surface area contributed by atoms with Gasteiger partial charge in [-0.15, -0.1) is 12.4 Å². The highest BCUT2D eigenvalue weighted by molar-refractivity contribution is 5.85. The van der Waals surface area contributed by atoms with Gasteiger partial charge in [-0.2, -0.15) is 0 Å². The lowest BCUT2D eigenvalue weighted by molar-refractivity contribution is -0.150. The van der Waals surface area contributed by atoms with E-state index in [1.807, 2.05) is 0 Å². The molecule has 0 aliphatic carbocycles. The Kier molecular flexibility index (Phi) is 7.97. The van der Waals surface area contributed by atoms with Crippen LogP contribution >= 0.6 is 12.4 Å². The smallest absolute Gasteiger partial charge is 0.313 e. The van der Waals surface area contributed by atoms with Gasteiger partial charge in [-0.1, -0.05) is 0 Å². The zero-order valence-corrected chi connectivity index (χ0v) is 12.5. The van der Waals surface area contributed by atoms with Gasteiger partial charge in [-0.25, -0.2) is 0 Å². The second-order valence-corrected chi connectivity index (χ2v) is 5.08. The zero-order valence-electron chi connectivity index (χ0n) is 11.7. The number of esters is 1. The van der Waals surface area contributed by atoms with Crippen molar-refractivity contribution in [3.63, 3.8) is 0 Å². The van der Waals surface area contributed by atoms with Crippen LogP contribution in [0, 0.1) is 5.41 Å². The van der Waals surface area contributed by atoms with E-state index >= 15 is 0 Å². The molecule has 1 rings (SSSR count). The largest absolute Gasteiger partial charge is 0.469 e. The summed E-state index contributed by atoms with van der Waals surface area (Å²) < 4.78 is 9.94. The van der Waals surface area contributed by atoms with Crippen LogP contribution in [0.4, 0.5) is 0 Å². The maximum absolute atomic E-state index is 11.7. The summed E-state index contributed by atoms with van der Waals surface area (Å²) in [4.78, 5) is 23.1. The van der Waals surface area contributed by atoms with Gasteiger partial charge in [0.2, 0.25) is 5.91 Å². The van der Waals surface area contributed by atoms with Gasteiger partial charge in [-0.3, -0.25) is 9.59 Å². The molecule has 1 saturated heterocycles. The molecule has 1 aliphatic rings. The van der Waals surface area contributed by atoms with Crippen molar-refractivity contribution in [3.8, 4) is 0 Å². The second kappa shape index (κ2) is 8.35. The normalized spacial score (nSPS) is 19.2. The molecule has 1 aliphatic heterocycles. The summed E-state index contributed by atoms with van der Waals surface area (Å²) in [6.07, 6.45) is 0.358. The number of morpholine rings is 1. The van der Waals surface area contributed by atoms with Crippen LogP contribution in [-0.2, 0) is 19.1 Å². The topological polar surface area (TPSA) is 76.7 Å². The van der Waals surface area contributed by atoms with Gasteiger partial charge in [0.05, 0.1) is 25.7 Å². The average Bonchev–Trinajstić information content (AvgIpc) is 2.36. The van der Waals surface area contributed by atoms with Crippen LogP contribution in [0.1, 0.15) is 20.3 Å². The number of nitrogens with one attached hydrogen (secondary N) is 2. The fraction of sp³-hybridized carbons (Fsp3) is 0.833. The fourth-order valence-electron chi connectivity index (χ4n) is 1.71. The van der Waals surface area contributed by atoms with Gasteiger partial charge >= 0.3 is 5.97 Å². The molecule has 1 amide bonds. The Labute approximate surface area is 120 Å². The minimum Gasteiger partial charge on any atom is -0.469 e. The maximum Gasteiger partial charge on any atom is 0.313 e. The van der Waals surface area contributed by atoms with Crippen molar-refractivity contribution in [1.82, 2.24) is 10.6 Å². The third-order valence-electron chi connectivity index (χ3n) is 2.90. The van der Waals surface area contributed by atoms with Crippen LogP contribution < -0.4 is 10.6 Å². The van der Waals surface area contributed by atoms with E-state index in [-0.39, 0.29) is 36.9 Å². The van der Waals surface area contributed by atoms with Crippen LogP contribution in [0.3, 0.4) is 0 Å². The SMILES string of the molecule is COC(=O)C(C)(C)CNC(=O)CC1COCCN1.Cl. The Bertz CT molecular complexity index is 304. The second-order valence-electron chi connectivity index (χ2n) is 5.08. The van der Waals surface area contributed by atoms with Gasteiger partial charge in [0.1, 0.15) is 0 Å². The van der Waals surface area contributed by atoms with Crippen LogP contribution in [0.5, 0.6) is 0 Å². The Balaban J connectivity index is 0.00000324. The van der Waals surface area contributed by atoms with E-state index < -0.39 is 5.41 Å². The molecule has 1 unspecified atom stereocenters. The Morgan fingerprint density at radius 2 is 2.16 bits per heavy atom. The predicted molar refractivity (Wildman–Crippen MR) is 73.3 cm³/mol. The first-order valence-electron chi connectivity index (χ1n) is 6.12. The monoisotopic (exact) mass is 294 g/mol. The van der Waals surface area contributed by atoms with Crippen LogP contribution in [0.15, 0.2) is 0 Å². The average molecular weight is 295 g/mol. The summed E-state index contributed by atoms with van der Waals surface area (Å²) in [6.45, 7) is 5.75. The van der Waals surface area contributed by atoms with Crippen molar-refractivity contribution in [2.75, 3.05) is 33.4 Å². The molecule has 0 spiro atoms. The van der Waals surface area contributed by atoms with E-state index in [4.69, 9.17) is 4.74 Å². The molecule has 0 bridgehead atoms.